The van der Waals surface area contributed by atoms with Crippen molar-refractivity contribution in [3.8, 4) is 16.9 Å². The lowest BCUT2D eigenvalue weighted by Gasteiger charge is -2.16. The Hall–Kier alpha value is -4.66. The zero-order chi connectivity index (χ0) is 31.3. The number of esters is 1. The quantitative estimate of drug-likeness (QED) is 0.129. The van der Waals surface area contributed by atoms with E-state index < -0.39 is 18.0 Å². The highest BCUT2D eigenvalue weighted by Gasteiger charge is 2.33. The molecule has 2 aliphatic rings. The molecule has 3 aromatic heterocycles. The van der Waals surface area contributed by atoms with Crippen molar-refractivity contribution in [2.24, 2.45) is 4.99 Å². The summed E-state index contributed by atoms with van der Waals surface area (Å²) in [5.74, 6) is -0.490. The SMILES string of the molecule is COCCOCCOC(=O)Cc1ccc(C2=C(F)N=C([C@@H]3CCc4nc(-c5cc(Cl)ccc5-n5cnnn5)cc(=O)n43)C2)cn1. The minimum atomic E-state index is -0.622. The minimum absolute atomic E-state index is 0.0230. The van der Waals surface area contributed by atoms with E-state index in [1.54, 1.807) is 42.0 Å². The number of hydrogen-bond donors (Lipinski definition) is 0. The molecule has 0 saturated heterocycles. The Labute approximate surface area is 261 Å². The molecule has 0 aliphatic carbocycles. The summed E-state index contributed by atoms with van der Waals surface area (Å²) >= 11 is 6.28. The second-order valence-electron chi connectivity index (χ2n) is 10.3. The summed E-state index contributed by atoms with van der Waals surface area (Å²) in [5.41, 5.74) is 3.32. The molecule has 0 saturated carbocycles. The summed E-state index contributed by atoms with van der Waals surface area (Å²) in [6.07, 6.45) is 4.22. The summed E-state index contributed by atoms with van der Waals surface area (Å²) < 4.78 is 33.5. The van der Waals surface area contributed by atoms with Crippen LogP contribution in [0.4, 0.5) is 4.39 Å². The first-order valence-electron chi connectivity index (χ1n) is 14.2. The molecule has 1 aromatic carbocycles. The molecule has 6 rings (SSSR count). The van der Waals surface area contributed by atoms with Gasteiger partial charge in [-0.2, -0.15) is 9.07 Å². The molecule has 0 amide bonds. The molecule has 13 nitrogen and oxygen atoms in total. The van der Waals surface area contributed by atoms with Crippen LogP contribution in [0.5, 0.6) is 0 Å². The van der Waals surface area contributed by atoms with Gasteiger partial charge in [0.15, 0.2) is 0 Å². The van der Waals surface area contributed by atoms with Crippen molar-refractivity contribution in [3.05, 3.63) is 87.3 Å². The Balaban J connectivity index is 1.12. The van der Waals surface area contributed by atoms with Gasteiger partial charge in [-0.15, -0.1) is 5.10 Å². The largest absolute Gasteiger partial charge is 0.463 e. The third-order valence-electron chi connectivity index (χ3n) is 7.46. The Morgan fingerprint density at radius 2 is 2.00 bits per heavy atom. The zero-order valence-electron chi connectivity index (χ0n) is 24.2. The van der Waals surface area contributed by atoms with Gasteiger partial charge in [0.05, 0.1) is 49.4 Å². The van der Waals surface area contributed by atoms with Gasteiger partial charge in [0, 0.05) is 59.6 Å². The van der Waals surface area contributed by atoms with Crippen LogP contribution in [0, 0.1) is 0 Å². The molecule has 0 radical (unpaired) electrons. The van der Waals surface area contributed by atoms with E-state index in [9.17, 15) is 9.59 Å². The van der Waals surface area contributed by atoms with Crippen LogP contribution in [-0.4, -0.2) is 80.0 Å². The van der Waals surface area contributed by atoms with E-state index in [-0.39, 0.29) is 31.6 Å². The molecule has 0 fully saturated rings. The van der Waals surface area contributed by atoms with Crippen LogP contribution in [0.1, 0.15) is 36.0 Å². The van der Waals surface area contributed by atoms with Gasteiger partial charge in [0.1, 0.15) is 18.8 Å². The van der Waals surface area contributed by atoms with E-state index >= 15 is 4.39 Å². The van der Waals surface area contributed by atoms with Gasteiger partial charge in [-0.05, 0) is 41.1 Å². The van der Waals surface area contributed by atoms with E-state index in [4.69, 9.17) is 30.8 Å². The Morgan fingerprint density at radius 1 is 1.13 bits per heavy atom. The number of aliphatic imine (C=N–C) groups is 1. The summed E-state index contributed by atoms with van der Waals surface area (Å²) in [6, 6.07) is 9.52. The van der Waals surface area contributed by atoms with Crippen molar-refractivity contribution in [1.82, 2.24) is 34.7 Å². The molecular weight excluding hydrogens is 607 g/mol. The number of carbonyl (C=O) groups excluding carboxylic acids is 1. The summed E-state index contributed by atoms with van der Waals surface area (Å²) in [4.78, 5) is 38.9. The number of aromatic nitrogens is 7. The molecule has 5 heterocycles. The molecule has 232 valence electrons. The Morgan fingerprint density at radius 3 is 2.78 bits per heavy atom. The average molecular weight is 635 g/mol. The lowest BCUT2D eigenvalue weighted by atomic mass is 9.99. The Bertz CT molecular complexity index is 1830. The second-order valence-corrected chi connectivity index (χ2v) is 10.8. The lowest BCUT2D eigenvalue weighted by Crippen LogP contribution is -2.28. The molecule has 0 unspecified atom stereocenters. The monoisotopic (exact) mass is 634 g/mol. The molecule has 2 aliphatic heterocycles. The number of carbonyl (C=O) groups is 1. The number of tetrazole rings is 1. The van der Waals surface area contributed by atoms with Gasteiger partial charge >= 0.3 is 5.97 Å². The zero-order valence-corrected chi connectivity index (χ0v) is 25.0. The van der Waals surface area contributed by atoms with Crippen LogP contribution in [-0.2, 0) is 31.8 Å². The number of allylic oxidation sites excluding steroid dienone is 1. The van der Waals surface area contributed by atoms with Crippen LogP contribution in [0.2, 0.25) is 5.02 Å². The topological polar surface area (TPSA) is 148 Å². The first-order valence-corrected chi connectivity index (χ1v) is 14.6. The Kier molecular flexibility index (Phi) is 9.14. The van der Waals surface area contributed by atoms with Crippen molar-refractivity contribution < 1.29 is 23.4 Å². The van der Waals surface area contributed by atoms with Gasteiger partial charge in [0.25, 0.3) is 5.56 Å². The maximum Gasteiger partial charge on any atom is 0.311 e. The average Bonchev–Trinajstić information content (AvgIpc) is 3.80. The minimum Gasteiger partial charge on any atom is -0.463 e. The van der Waals surface area contributed by atoms with E-state index in [1.807, 2.05) is 0 Å². The van der Waals surface area contributed by atoms with Crippen molar-refractivity contribution in [3.63, 3.8) is 0 Å². The van der Waals surface area contributed by atoms with Crippen LogP contribution >= 0.6 is 11.6 Å². The molecule has 45 heavy (non-hydrogen) atoms. The number of methoxy groups -OCH3 is 1. The van der Waals surface area contributed by atoms with Crippen molar-refractivity contribution in [2.75, 3.05) is 33.5 Å². The predicted octanol–water partition coefficient (Wildman–Crippen LogP) is 3.35. The fourth-order valence-electron chi connectivity index (χ4n) is 5.35. The normalized spacial score (nSPS) is 15.8. The number of rotatable bonds is 12. The molecule has 1 atom stereocenters. The third-order valence-corrected chi connectivity index (χ3v) is 7.70. The number of pyridine rings is 1. The van der Waals surface area contributed by atoms with Gasteiger partial charge in [-0.1, -0.05) is 17.7 Å². The van der Waals surface area contributed by atoms with Crippen molar-refractivity contribution >= 4 is 28.9 Å². The predicted molar refractivity (Wildman–Crippen MR) is 161 cm³/mol. The standard InChI is InChI=1S/C30H28ClFN8O5/c1-43-8-9-44-10-11-45-29(42)13-20-4-2-18(16-33-20)21-14-24(36-30(21)32)26-6-7-27-35-23(15-28(41)40(26)27)22-12-19(31)3-5-25(22)39-17-34-37-38-39/h2-5,12,15-17,26H,6-11,13-14H2,1H3/t26-/m0/s1. The van der Waals surface area contributed by atoms with Crippen LogP contribution in [0.15, 0.2) is 64.7 Å². The molecule has 4 aromatic rings. The van der Waals surface area contributed by atoms with Crippen LogP contribution in [0.25, 0.3) is 22.5 Å². The number of fused-ring (bicyclic) bond motifs is 1. The van der Waals surface area contributed by atoms with Crippen LogP contribution < -0.4 is 5.56 Å². The highest BCUT2D eigenvalue weighted by atomic mass is 35.5. The third kappa shape index (κ3) is 6.72. The van der Waals surface area contributed by atoms with E-state index in [1.165, 1.54) is 23.3 Å². The lowest BCUT2D eigenvalue weighted by molar-refractivity contribution is -0.144. The number of aryl methyl sites for hydroxylation is 1. The maximum atomic E-state index is 15.2. The first-order chi connectivity index (χ1) is 21.9. The van der Waals surface area contributed by atoms with E-state index in [0.717, 1.165) is 0 Å². The van der Waals surface area contributed by atoms with E-state index in [2.05, 4.69) is 25.5 Å². The molecule has 15 heteroatoms. The number of hydrogen-bond acceptors (Lipinski definition) is 11. The van der Waals surface area contributed by atoms with Gasteiger partial charge < -0.3 is 14.2 Å². The highest BCUT2D eigenvalue weighted by Crippen LogP contribution is 2.37. The van der Waals surface area contributed by atoms with Gasteiger partial charge in [0.2, 0.25) is 5.95 Å². The van der Waals surface area contributed by atoms with Crippen molar-refractivity contribution in [2.45, 2.75) is 31.7 Å². The fraction of sp³-hybridized carbons (Fsp3) is 0.333. The maximum absolute atomic E-state index is 15.2. The molecule has 0 N–H and O–H groups in total. The number of ether oxygens (including phenoxy) is 3. The molecule has 0 spiro atoms. The fourth-order valence-corrected chi connectivity index (χ4v) is 5.52. The van der Waals surface area contributed by atoms with Crippen LogP contribution in [0.3, 0.4) is 0 Å². The number of benzene rings is 1. The second kappa shape index (κ2) is 13.5. The van der Waals surface area contributed by atoms with Crippen molar-refractivity contribution in [1.29, 1.82) is 0 Å². The summed E-state index contributed by atoms with van der Waals surface area (Å²) in [6.45, 7) is 1.29. The number of halogens is 2. The van der Waals surface area contributed by atoms with Gasteiger partial charge in [-0.3, -0.25) is 19.1 Å². The van der Waals surface area contributed by atoms with Gasteiger partial charge in [-0.25, -0.2) is 9.98 Å². The van der Waals surface area contributed by atoms with E-state index in [0.29, 0.717) is 76.4 Å². The first kappa shape index (κ1) is 30.4. The molecule has 0 bridgehead atoms. The smallest absolute Gasteiger partial charge is 0.311 e. The highest BCUT2D eigenvalue weighted by molar-refractivity contribution is 6.31. The molecular formula is C30H28ClFN8O5. The summed E-state index contributed by atoms with van der Waals surface area (Å²) in [7, 11) is 1.58. The number of nitrogens with zero attached hydrogens (tertiary/aromatic N) is 8. The summed E-state index contributed by atoms with van der Waals surface area (Å²) in [5, 5.41) is 11.8.